The summed E-state index contributed by atoms with van der Waals surface area (Å²) in [6.07, 6.45) is -0.373. The lowest BCUT2D eigenvalue weighted by Crippen LogP contribution is -2.29. The van der Waals surface area contributed by atoms with Crippen LogP contribution < -0.4 is 0 Å². The Kier molecular flexibility index (Phi) is 6.49. The maximum Gasteiger partial charge on any atom is 0.302 e. The van der Waals surface area contributed by atoms with Gasteiger partial charge in [-0.3, -0.25) is 4.79 Å². The third-order valence-electron chi connectivity index (χ3n) is 1.27. The maximum atomic E-state index is 10.6. The van der Waals surface area contributed by atoms with E-state index in [4.69, 9.17) is 14.2 Å². The number of carbonyl (C=O) groups excluding carboxylic acids is 1. The van der Waals surface area contributed by atoms with Gasteiger partial charge in [0.15, 0.2) is 6.29 Å². The van der Waals surface area contributed by atoms with E-state index in [0.717, 1.165) is 0 Å². The molecule has 0 aromatic rings. The Balaban J connectivity index is 3.90. The highest BCUT2D eigenvalue weighted by atomic mass is 16.7. The van der Waals surface area contributed by atoms with Crippen LogP contribution in [0.25, 0.3) is 0 Å². The molecule has 0 amide bonds. The van der Waals surface area contributed by atoms with Gasteiger partial charge in [-0.1, -0.05) is 0 Å². The molecule has 0 unspecified atom stereocenters. The third-order valence-corrected chi connectivity index (χ3v) is 1.27. The zero-order valence-electron chi connectivity index (χ0n) is 9.57. The van der Waals surface area contributed by atoms with Crippen molar-refractivity contribution in [1.82, 2.24) is 0 Å². The predicted octanol–water partition coefficient (Wildman–Crippen LogP) is 1.73. The molecule has 0 bridgehead atoms. The average Bonchev–Trinajstić information content (AvgIpc) is 1.97. The van der Waals surface area contributed by atoms with Crippen LogP contribution in [0.1, 0.15) is 34.6 Å². The van der Waals surface area contributed by atoms with Gasteiger partial charge in [0.2, 0.25) is 0 Å². The number of carbonyl (C=O) groups is 1. The second kappa shape index (κ2) is 6.79. The van der Waals surface area contributed by atoms with Gasteiger partial charge in [-0.15, -0.1) is 0 Å². The standard InChI is InChI=1S/C10H20O4/c1-7(2)13-10(14-8(3)4)6-12-9(5)11/h7-8,10H,6H2,1-5H3. The van der Waals surface area contributed by atoms with Gasteiger partial charge in [-0.25, -0.2) is 0 Å². The van der Waals surface area contributed by atoms with Crippen molar-refractivity contribution in [2.75, 3.05) is 6.61 Å². The summed E-state index contributed by atoms with van der Waals surface area (Å²) in [6.45, 7) is 9.14. The van der Waals surface area contributed by atoms with Gasteiger partial charge >= 0.3 is 5.97 Å². The number of ether oxygens (including phenoxy) is 3. The molecule has 0 heterocycles. The van der Waals surface area contributed by atoms with E-state index >= 15 is 0 Å². The summed E-state index contributed by atoms with van der Waals surface area (Å²) in [7, 11) is 0. The highest BCUT2D eigenvalue weighted by Crippen LogP contribution is 2.04. The van der Waals surface area contributed by atoms with E-state index in [1.54, 1.807) is 0 Å². The van der Waals surface area contributed by atoms with Gasteiger partial charge < -0.3 is 14.2 Å². The summed E-state index contributed by atoms with van der Waals surface area (Å²) in [4.78, 5) is 10.6. The van der Waals surface area contributed by atoms with Crippen LogP contribution in [0.3, 0.4) is 0 Å². The van der Waals surface area contributed by atoms with Gasteiger partial charge in [0.05, 0.1) is 12.2 Å². The lowest BCUT2D eigenvalue weighted by atomic mass is 10.4. The molecule has 0 fully saturated rings. The van der Waals surface area contributed by atoms with Crippen molar-refractivity contribution in [3.63, 3.8) is 0 Å². The van der Waals surface area contributed by atoms with Crippen LogP contribution in [0, 0.1) is 0 Å². The molecule has 0 spiro atoms. The van der Waals surface area contributed by atoms with Crippen molar-refractivity contribution in [3.8, 4) is 0 Å². The van der Waals surface area contributed by atoms with E-state index in [2.05, 4.69) is 0 Å². The molecule has 0 aromatic carbocycles. The predicted molar refractivity (Wildman–Crippen MR) is 52.9 cm³/mol. The zero-order chi connectivity index (χ0) is 11.1. The molecule has 0 aliphatic rings. The lowest BCUT2D eigenvalue weighted by Gasteiger charge is -2.22. The minimum absolute atomic E-state index is 0.0503. The molecule has 0 saturated carbocycles. The monoisotopic (exact) mass is 204 g/mol. The quantitative estimate of drug-likeness (QED) is 0.488. The molecule has 0 aliphatic carbocycles. The smallest absolute Gasteiger partial charge is 0.302 e. The summed E-state index contributed by atoms with van der Waals surface area (Å²) in [6, 6.07) is 0. The summed E-state index contributed by atoms with van der Waals surface area (Å²) >= 11 is 0. The SMILES string of the molecule is CC(=O)OCC(OC(C)C)OC(C)C. The van der Waals surface area contributed by atoms with Crippen LogP contribution in [0.5, 0.6) is 0 Å². The topological polar surface area (TPSA) is 44.8 Å². The highest BCUT2D eigenvalue weighted by Gasteiger charge is 2.14. The maximum absolute atomic E-state index is 10.6. The van der Waals surface area contributed by atoms with Crippen molar-refractivity contribution >= 4 is 5.97 Å². The Labute approximate surface area is 85.5 Å². The van der Waals surface area contributed by atoms with Crippen molar-refractivity contribution in [2.24, 2.45) is 0 Å². The molecule has 0 atom stereocenters. The Hall–Kier alpha value is -0.610. The minimum Gasteiger partial charge on any atom is -0.460 e. The van der Waals surface area contributed by atoms with Crippen LogP contribution in [-0.2, 0) is 19.0 Å². The first kappa shape index (κ1) is 13.4. The molecule has 0 rings (SSSR count). The lowest BCUT2D eigenvalue weighted by molar-refractivity contribution is -0.206. The van der Waals surface area contributed by atoms with E-state index in [0.29, 0.717) is 0 Å². The average molecular weight is 204 g/mol. The fourth-order valence-electron chi connectivity index (χ4n) is 0.903. The molecule has 84 valence electrons. The van der Waals surface area contributed by atoms with E-state index in [1.807, 2.05) is 27.7 Å². The molecular formula is C10H20O4. The van der Waals surface area contributed by atoms with Crippen molar-refractivity contribution in [1.29, 1.82) is 0 Å². The third kappa shape index (κ3) is 8.01. The van der Waals surface area contributed by atoms with Crippen molar-refractivity contribution in [2.45, 2.75) is 53.1 Å². The highest BCUT2D eigenvalue weighted by molar-refractivity contribution is 5.65. The molecule has 0 radical (unpaired) electrons. The molecule has 0 N–H and O–H groups in total. The zero-order valence-corrected chi connectivity index (χ0v) is 9.57. The number of hydrogen-bond donors (Lipinski definition) is 0. The van der Waals surface area contributed by atoms with Crippen LogP contribution in [0.4, 0.5) is 0 Å². The molecule has 4 nitrogen and oxygen atoms in total. The van der Waals surface area contributed by atoms with Crippen LogP contribution in [0.2, 0.25) is 0 Å². The minimum atomic E-state index is -0.473. The van der Waals surface area contributed by atoms with E-state index < -0.39 is 6.29 Å². The molecule has 0 aliphatic heterocycles. The number of rotatable bonds is 6. The fourth-order valence-corrected chi connectivity index (χ4v) is 0.903. The van der Waals surface area contributed by atoms with E-state index in [-0.39, 0.29) is 24.8 Å². The first-order chi connectivity index (χ1) is 6.41. The van der Waals surface area contributed by atoms with Crippen molar-refractivity contribution < 1.29 is 19.0 Å². The van der Waals surface area contributed by atoms with Gasteiger partial charge in [-0.05, 0) is 27.7 Å². The second-order valence-electron chi connectivity index (χ2n) is 3.60. The Bertz CT molecular complexity index is 156. The van der Waals surface area contributed by atoms with Gasteiger partial charge in [0, 0.05) is 6.92 Å². The first-order valence-electron chi connectivity index (χ1n) is 4.86. The van der Waals surface area contributed by atoms with E-state index in [9.17, 15) is 4.79 Å². The summed E-state index contributed by atoms with van der Waals surface area (Å²) < 4.78 is 15.6. The van der Waals surface area contributed by atoms with Crippen LogP contribution >= 0.6 is 0 Å². The summed E-state index contributed by atoms with van der Waals surface area (Å²) in [5.41, 5.74) is 0. The van der Waals surface area contributed by atoms with Gasteiger partial charge in [0.25, 0.3) is 0 Å². The van der Waals surface area contributed by atoms with E-state index in [1.165, 1.54) is 6.92 Å². The normalized spacial score (nSPS) is 11.4. The summed E-state index contributed by atoms with van der Waals surface area (Å²) in [5.74, 6) is -0.324. The molecule has 4 heteroatoms. The fraction of sp³-hybridized carbons (Fsp3) is 0.900. The Morgan fingerprint density at radius 1 is 1.07 bits per heavy atom. The molecule has 0 aromatic heterocycles. The number of esters is 1. The molecule has 14 heavy (non-hydrogen) atoms. The largest absolute Gasteiger partial charge is 0.460 e. The Morgan fingerprint density at radius 2 is 1.50 bits per heavy atom. The van der Waals surface area contributed by atoms with Crippen molar-refractivity contribution in [3.05, 3.63) is 0 Å². The molecule has 0 saturated heterocycles. The van der Waals surface area contributed by atoms with Crippen LogP contribution in [-0.4, -0.2) is 31.1 Å². The van der Waals surface area contributed by atoms with Gasteiger partial charge in [0.1, 0.15) is 6.61 Å². The van der Waals surface area contributed by atoms with Crippen LogP contribution in [0.15, 0.2) is 0 Å². The first-order valence-corrected chi connectivity index (χ1v) is 4.86. The molecular weight excluding hydrogens is 184 g/mol. The number of hydrogen-bond acceptors (Lipinski definition) is 4. The second-order valence-corrected chi connectivity index (χ2v) is 3.60. The van der Waals surface area contributed by atoms with Gasteiger partial charge in [-0.2, -0.15) is 0 Å². The summed E-state index contributed by atoms with van der Waals surface area (Å²) in [5, 5.41) is 0. The Morgan fingerprint density at radius 3 is 1.79 bits per heavy atom.